The number of nitrogens with zero attached hydrogens (tertiary/aromatic N) is 1. The van der Waals surface area contributed by atoms with Gasteiger partial charge in [0.25, 0.3) is 0 Å². The molecule has 0 amide bonds. The van der Waals surface area contributed by atoms with Crippen molar-refractivity contribution in [2.75, 3.05) is 45.9 Å². The highest BCUT2D eigenvalue weighted by Crippen LogP contribution is 2.30. The predicted molar refractivity (Wildman–Crippen MR) is 75.9 cm³/mol. The van der Waals surface area contributed by atoms with Crippen LogP contribution in [0.15, 0.2) is 0 Å². The highest BCUT2D eigenvalue weighted by molar-refractivity contribution is 4.89. The molecule has 2 fully saturated rings. The molecule has 1 N–H and O–H groups in total. The summed E-state index contributed by atoms with van der Waals surface area (Å²) in [6.45, 7) is 12.6. The van der Waals surface area contributed by atoms with E-state index >= 15 is 0 Å². The maximum absolute atomic E-state index is 5.69. The molecule has 0 radical (unpaired) electrons. The Hall–Kier alpha value is -0.120. The molecule has 0 spiro atoms. The van der Waals surface area contributed by atoms with Crippen molar-refractivity contribution in [3.05, 3.63) is 0 Å². The van der Waals surface area contributed by atoms with E-state index in [0.717, 1.165) is 32.2 Å². The molecule has 1 unspecified atom stereocenters. The topological polar surface area (TPSA) is 24.5 Å². The first kappa shape index (κ1) is 14.3. The van der Waals surface area contributed by atoms with Gasteiger partial charge in [-0.1, -0.05) is 13.8 Å². The van der Waals surface area contributed by atoms with E-state index in [1.165, 1.54) is 45.3 Å². The molecule has 1 atom stereocenters. The van der Waals surface area contributed by atoms with Crippen molar-refractivity contribution in [2.45, 2.75) is 39.5 Å². The zero-order valence-electron chi connectivity index (χ0n) is 12.2. The van der Waals surface area contributed by atoms with Gasteiger partial charge in [-0.15, -0.1) is 0 Å². The normalized spacial score (nSPS) is 31.0. The number of hydrogen-bond donors (Lipinski definition) is 1. The smallest absolute Gasteiger partial charge is 0.0547 e. The molecule has 2 rings (SSSR count). The molecule has 0 bridgehead atoms. The summed E-state index contributed by atoms with van der Waals surface area (Å²) >= 11 is 0. The summed E-state index contributed by atoms with van der Waals surface area (Å²) in [6, 6.07) is 0. The third-order valence-corrected chi connectivity index (χ3v) is 4.55. The first-order valence-corrected chi connectivity index (χ1v) is 7.75. The average molecular weight is 254 g/mol. The van der Waals surface area contributed by atoms with Gasteiger partial charge >= 0.3 is 0 Å². The lowest BCUT2D eigenvalue weighted by molar-refractivity contribution is 0.0894. The molecule has 0 aromatic heterocycles. The molecular weight excluding hydrogens is 224 g/mol. The Morgan fingerprint density at radius 2 is 2.11 bits per heavy atom. The van der Waals surface area contributed by atoms with Crippen LogP contribution < -0.4 is 5.32 Å². The summed E-state index contributed by atoms with van der Waals surface area (Å²) in [4.78, 5) is 2.67. The monoisotopic (exact) mass is 254 g/mol. The summed E-state index contributed by atoms with van der Waals surface area (Å²) in [7, 11) is 0. The fraction of sp³-hybridized carbons (Fsp3) is 1.00. The molecule has 2 aliphatic heterocycles. The molecule has 0 aliphatic carbocycles. The molecular formula is C15H30N2O. The Morgan fingerprint density at radius 1 is 1.33 bits per heavy atom. The highest BCUT2D eigenvalue weighted by Gasteiger charge is 2.36. The van der Waals surface area contributed by atoms with Gasteiger partial charge in [0.15, 0.2) is 0 Å². The lowest BCUT2D eigenvalue weighted by Gasteiger charge is -2.38. The molecule has 0 aromatic carbocycles. The standard InChI is InChI=1S/C15H30N2O/c1-3-7-16-11-15(6-10-18-13-15)12-17-8-4-14(2)5-9-17/h14,16H,3-13H2,1-2H3. The second-order valence-corrected chi connectivity index (χ2v) is 6.44. The van der Waals surface area contributed by atoms with Gasteiger partial charge in [-0.2, -0.15) is 0 Å². The van der Waals surface area contributed by atoms with Crippen molar-refractivity contribution in [1.29, 1.82) is 0 Å². The van der Waals surface area contributed by atoms with Crippen LogP contribution in [0.4, 0.5) is 0 Å². The minimum Gasteiger partial charge on any atom is -0.381 e. The van der Waals surface area contributed by atoms with Crippen molar-refractivity contribution in [1.82, 2.24) is 10.2 Å². The zero-order chi connectivity index (χ0) is 12.8. The van der Waals surface area contributed by atoms with Crippen molar-refractivity contribution in [3.8, 4) is 0 Å². The third-order valence-electron chi connectivity index (χ3n) is 4.55. The van der Waals surface area contributed by atoms with Crippen molar-refractivity contribution < 1.29 is 4.74 Å². The van der Waals surface area contributed by atoms with Gasteiger partial charge in [0.2, 0.25) is 0 Å². The number of hydrogen-bond acceptors (Lipinski definition) is 3. The molecule has 2 heterocycles. The number of piperidine rings is 1. The molecule has 0 saturated carbocycles. The molecule has 3 nitrogen and oxygen atoms in total. The van der Waals surface area contributed by atoms with E-state index in [1.807, 2.05) is 0 Å². The predicted octanol–water partition coefficient (Wildman–Crippen LogP) is 2.12. The van der Waals surface area contributed by atoms with Crippen LogP contribution in [-0.4, -0.2) is 50.8 Å². The Balaban J connectivity index is 1.81. The lowest BCUT2D eigenvalue weighted by Crippen LogP contribution is -2.47. The summed E-state index contributed by atoms with van der Waals surface area (Å²) < 4.78 is 5.69. The van der Waals surface area contributed by atoms with E-state index in [1.54, 1.807) is 0 Å². The second-order valence-electron chi connectivity index (χ2n) is 6.44. The summed E-state index contributed by atoms with van der Waals surface area (Å²) in [5.74, 6) is 0.926. The largest absolute Gasteiger partial charge is 0.381 e. The molecule has 18 heavy (non-hydrogen) atoms. The van der Waals surface area contributed by atoms with Crippen molar-refractivity contribution >= 4 is 0 Å². The van der Waals surface area contributed by atoms with E-state index < -0.39 is 0 Å². The molecule has 0 aromatic rings. The van der Waals surface area contributed by atoms with Crippen molar-refractivity contribution in [2.24, 2.45) is 11.3 Å². The van der Waals surface area contributed by atoms with E-state index in [-0.39, 0.29) is 0 Å². The van der Waals surface area contributed by atoms with Gasteiger partial charge in [0, 0.05) is 25.1 Å². The van der Waals surface area contributed by atoms with Crippen LogP contribution in [0.3, 0.4) is 0 Å². The molecule has 106 valence electrons. The Labute approximate surface area is 112 Å². The lowest BCUT2D eigenvalue weighted by atomic mass is 9.85. The van der Waals surface area contributed by atoms with Gasteiger partial charge in [-0.05, 0) is 51.2 Å². The highest BCUT2D eigenvalue weighted by atomic mass is 16.5. The van der Waals surface area contributed by atoms with E-state index in [9.17, 15) is 0 Å². The van der Waals surface area contributed by atoms with Crippen LogP contribution in [0.1, 0.15) is 39.5 Å². The minimum atomic E-state index is 0.385. The van der Waals surface area contributed by atoms with E-state index in [2.05, 4.69) is 24.1 Å². The fourth-order valence-electron chi connectivity index (χ4n) is 3.19. The van der Waals surface area contributed by atoms with Crippen LogP contribution in [0.25, 0.3) is 0 Å². The number of likely N-dealkylation sites (tertiary alicyclic amines) is 1. The third kappa shape index (κ3) is 3.94. The number of rotatable bonds is 6. The second kappa shape index (κ2) is 6.88. The maximum Gasteiger partial charge on any atom is 0.0547 e. The van der Waals surface area contributed by atoms with Crippen LogP contribution in [0.2, 0.25) is 0 Å². The van der Waals surface area contributed by atoms with Crippen LogP contribution in [0, 0.1) is 11.3 Å². The first-order chi connectivity index (χ1) is 8.74. The zero-order valence-corrected chi connectivity index (χ0v) is 12.2. The Kier molecular flexibility index (Phi) is 5.46. The first-order valence-electron chi connectivity index (χ1n) is 7.75. The van der Waals surface area contributed by atoms with E-state index in [4.69, 9.17) is 4.74 Å². The van der Waals surface area contributed by atoms with Crippen molar-refractivity contribution in [3.63, 3.8) is 0 Å². The molecule has 2 saturated heterocycles. The summed E-state index contributed by atoms with van der Waals surface area (Å²) in [6.07, 6.45) is 5.20. The Bertz CT molecular complexity index is 231. The van der Waals surface area contributed by atoms with Crippen LogP contribution in [0.5, 0.6) is 0 Å². The van der Waals surface area contributed by atoms with Crippen LogP contribution in [-0.2, 0) is 4.74 Å². The minimum absolute atomic E-state index is 0.385. The summed E-state index contributed by atoms with van der Waals surface area (Å²) in [5.41, 5.74) is 0.385. The summed E-state index contributed by atoms with van der Waals surface area (Å²) in [5, 5.41) is 3.61. The SMILES string of the molecule is CCCNCC1(CN2CCC(C)CC2)CCOC1. The quantitative estimate of drug-likeness (QED) is 0.735. The average Bonchev–Trinajstić information content (AvgIpc) is 2.82. The van der Waals surface area contributed by atoms with Gasteiger partial charge in [-0.3, -0.25) is 0 Å². The molecule has 2 aliphatic rings. The number of ether oxygens (including phenoxy) is 1. The van der Waals surface area contributed by atoms with Crippen LogP contribution >= 0.6 is 0 Å². The van der Waals surface area contributed by atoms with Gasteiger partial charge in [-0.25, -0.2) is 0 Å². The number of nitrogens with one attached hydrogen (secondary N) is 1. The van der Waals surface area contributed by atoms with Gasteiger partial charge in [0.1, 0.15) is 0 Å². The van der Waals surface area contributed by atoms with Gasteiger partial charge < -0.3 is 15.0 Å². The maximum atomic E-state index is 5.69. The van der Waals surface area contributed by atoms with E-state index in [0.29, 0.717) is 5.41 Å². The Morgan fingerprint density at radius 3 is 2.72 bits per heavy atom. The van der Waals surface area contributed by atoms with Gasteiger partial charge in [0.05, 0.1) is 6.61 Å². The fourth-order valence-corrected chi connectivity index (χ4v) is 3.19. The molecule has 3 heteroatoms.